The summed E-state index contributed by atoms with van der Waals surface area (Å²) in [5.74, 6) is 2.01. The highest BCUT2D eigenvalue weighted by atomic mass is 127. The first-order chi connectivity index (χ1) is 8.01. The van der Waals surface area contributed by atoms with Crippen LogP contribution < -0.4 is 5.32 Å². The average molecular weight is 349 g/mol. The second-order valence-electron chi connectivity index (χ2n) is 4.13. The first-order valence-electron chi connectivity index (χ1n) is 5.87. The van der Waals surface area contributed by atoms with Crippen LogP contribution in [0.5, 0.6) is 0 Å². The molecule has 0 aliphatic rings. The van der Waals surface area contributed by atoms with Crippen LogP contribution in [0, 0.1) is 3.57 Å². The fourth-order valence-electron chi connectivity index (χ4n) is 1.54. The molecule has 1 rings (SSSR count). The second kappa shape index (κ2) is 6.49. The van der Waals surface area contributed by atoms with E-state index in [4.69, 9.17) is 4.74 Å². The molecule has 96 valence electrons. The lowest BCUT2D eigenvalue weighted by Crippen LogP contribution is -2.12. The Bertz CT molecular complexity index is 382. The fourth-order valence-corrected chi connectivity index (χ4v) is 2.67. The van der Waals surface area contributed by atoms with E-state index < -0.39 is 0 Å². The van der Waals surface area contributed by atoms with E-state index in [1.54, 1.807) is 0 Å². The molecule has 0 aromatic carbocycles. The molecule has 4 nitrogen and oxygen atoms in total. The minimum Gasteiger partial charge on any atom is -0.372 e. The maximum Gasteiger partial charge on any atom is 0.159 e. The van der Waals surface area contributed by atoms with E-state index in [2.05, 4.69) is 51.7 Å². The topological polar surface area (TPSA) is 47.0 Å². The number of halogens is 1. The Morgan fingerprint density at radius 2 is 1.94 bits per heavy atom. The number of hydrogen-bond acceptors (Lipinski definition) is 4. The van der Waals surface area contributed by atoms with E-state index in [9.17, 15) is 0 Å². The van der Waals surface area contributed by atoms with Crippen molar-refractivity contribution in [3.05, 3.63) is 15.1 Å². The van der Waals surface area contributed by atoms with Crippen molar-refractivity contribution in [1.82, 2.24) is 9.97 Å². The highest BCUT2D eigenvalue weighted by Gasteiger charge is 2.17. The van der Waals surface area contributed by atoms with E-state index in [0.717, 1.165) is 20.9 Å². The van der Waals surface area contributed by atoms with Gasteiger partial charge >= 0.3 is 0 Å². The molecule has 0 saturated heterocycles. The molecule has 0 aliphatic heterocycles. The Hall–Kier alpha value is -0.430. The molecule has 1 N–H and O–H groups in total. The number of hydrogen-bond donors (Lipinski definition) is 1. The predicted octanol–water partition coefficient (Wildman–Crippen LogP) is 3.34. The van der Waals surface area contributed by atoms with Crippen LogP contribution in [0.2, 0.25) is 0 Å². The first-order valence-corrected chi connectivity index (χ1v) is 6.95. The Morgan fingerprint density at radius 3 is 2.41 bits per heavy atom. The third-order valence-corrected chi connectivity index (χ3v) is 3.52. The van der Waals surface area contributed by atoms with Crippen molar-refractivity contribution in [2.75, 3.05) is 19.0 Å². The van der Waals surface area contributed by atoms with Crippen LogP contribution in [0.25, 0.3) is 0 Å². The summed E-state index contributed by atoms with van der Waals surface area (Å²) < 4.78 is 6.64. The van der Waals surface area contributed by atoms with Crippen LogP contribution in [0.15, 0.2) is 0 Å². The van der Waals surface area contributed by atoms with Gasteiger partial charge in [0.15, 0.2) is 5.82 Å². The maximum absolute atomic E-state index is 5.55. The normalized spacial score (nSPS) is 12.9. The molecule has 0 bridgehead atoms. The van der Waals surface area contributed by atoms with Gasteiger partial charge in [-0.1, -0.05) is 13.8 Å². The van der Waals surface area contributed by atoms with Crippen LogP contribution in [-0.2, 0) is 4.74 Å². The average Bonchev–Trinajstić information content (AvgIpc) is 2.29. The Morgan fingerprint density at radius 1 is 1.29 bits per heavy atom. The minimum absolute atomic E-state index is 0.0680. The number of nitrogens with zero attached hydrogens (tertiary/aromatic N) is 2. The Kier molecular flexibility index (Phi) is 5.58. The van der Waals surface area contributed by atoms with Gasteiger partial charge in [0.05, 0.1) is 9.26 Å². The monoisotopic (exact) mass is 349 g/mol. The van der Waals surface area contributed by atoms with Crippen LogP contribution in [0.1, 0.15) is 51.2 Å². The molecule has 17 heavy (non-hydrogen) atoms. The van der Waals surface area contributed by atoms with Gasteiger partial charge in [0, 0.05) is 13.7 Å². The van der Waals surface area contributed by atoms with Crippen LogP contribution >= 0.6 is 22.6 Å². The van der Waals surface area contributed by atoms with Crippen LogP contribution in [0.4, 0.5) is 5.82 Å². The van der Waals surface area contributed by atoms with E-state index in [-0.39, 0.29) is 6.10 Å². The summed E-state index contributed by atoms with van der Waals surface area (Å²) in [5, 5.41) is 3.11. The second-order valence-corrected chi connectivity index (χ2v) is 5.21. The zero-order valence-electron chi connectivity index (χ0n) is 11.0. The molecule has 0 amide bonds. The minimum atomic E-state index is -0.0680. The number of nitrogens with one attached hydrogen (secondary N) is 1. The summed E-state index contributed by atoms with van der Waals surface area (Å²) in [7, 11) is 1.88. The van der Waals surface area contributed by atoms with Gasteiger partial charge in [-0.3, -0.25) is 0 Å². The molecular formula is C12H20IN3O. The highest BCUT2D eigenvalue weighted by molar-refractivity contribution is 14.1. The van der Waals surface area contributed by atoms with Gasteiger partial charge in [-0.25, -0.2) is 9.97 Å². The molecule has 1 aromatic rings. The predicted molar refractivity (Wildman–Crippen MR) is 78.4 cm³/mol. The molecule has 0 spiro atoms. The van der Waals surface area contributed by atoms with E-state index in [1.165, 1.54) is 0 Å². The van der Waals surface area contributed by atoms with Gasteiger partial charge in [-0.15, -0.1) is 0 Å². The smallest absolute Gasteiger partial charge is 0.159 e. The highest BCUT2D eigenvalue weighted by Crippen LogP contribution is 2.27. The van der Waals surface area contributed by atoms with Crippen molar-refractivity contribution in [1.29, 1.82) is 0 Å². The summed E-state index contributed by atoms with van der Waals surface area (Å²) >= 11 is 2.29. The molecule has 1 aromatic heterocycles. The molecule has 1 heterocycles. The third kappa shape index (κ3) is 3.51. The number of aromatic nitrogens is 2. The number of anilines is 1. The molecule has 1 unspecified atom stereocenters. The van der Waals surface area contributed by atoms with Crippen LogP contribution in [0.3, 0.4) is 0 Å². The van der Waals surface area contributed by atoms with Gasteiger partial charge in [-0.05, 0) is 42.4 Å². The molecule has 1 atom stereocenters. The van der Waals surface area contributed by atoms with E-state index in [0.29, 0.717) is 12.5 Å². The quantitative estimate of drug-likeness (QED) is 0.829. The fraction of sp³-hybridized carbons (Fsp3) is 0.667. The number of ether oxygens (including phenoxy) is 1. The molecule has 0 aliphatic carbocycles. The molecule has 0 saturated carbocycles. The summed E-state index contributed by atoms with van der Waals surface area (Å²) in [4.78, 5) is 9.11. The van der Waals surface area contributed by atoms with E-state index >= 15 is 0 Å². The number of rotatable bonds is 5. The van der Waals surface area contributed by atoms with Crippen molar-refractivity contribution in [2.24, 2.45) is 0 Å². The molecule has 0 radical (unpaired) electrons. The van der Waals surface area contributed by atoms with E-state index in [1.807, 2.05) is 20.9 Å². The summed E-state index contributed by atoms with van der Waals surface area (Å²) in [6, 6.07) is 0. The van der Waals surface area contributed by atoms with Gasteiger partial charge in [0.1, 0.15) is 11.9 Å². The van der Waals surface area contributed by atoms with Crippen molar-refractivity contribution < 1.29 is 4.74 Å². The lowest BCUT2D eigenvalue weighted by Gasteiger charge is -2.16. The van der Waals surface area contributed by atoms with Gasteiger partial charge < -0.3 is 10.1 Å². The third-order valence-electron chi connectivity index (χ3n) is 2.46. The van der Waals surface area contributed by atoms with Crippen LogP contribution in [-0.4, -0.2) is 23.6 Å². The zero-order chi connectivity index (χ0) is 13.0. The lowest BCUT2D eigenvalue weighted by atomic mass is 10.1. The van der Waals surface area contributed by atoms with Crippen molar-refractivity contribution in [3.8, 4) is 0 Å². The largest absolute Gasteiger partial charge is 0.372 e. The van der Waals surface area contributed by atoms with Crippen molar-refractivity contribution in [2.45, 2.75) is 39.7 Å². The lowest BCUT2D eigenvalue weighted by molar-refractivity contribution is 0.0699. The summed E-state index contributed by atoms with van der Waals surface area (Å²) in [6.07, 6.45) is -0.0680. The molecule has 5 heteroatoms. The maximum atomic E-state index is 5.55. The van der Waals surface area contributed by atoms with Gasteiger partial charge in [0.25, 0.3) is 0 Å². The standard InChI is InChI=1S/C12H20IN3O/c1-6-17-8(4)11-15-10(7(2)3)9(13)12(14-5)16-11/h7-8H,6H2,1-5H3,(H,14,15,16). The zero-order valence-corrected chi connectivity index (χ0v) is 13.2. The first kappa shape index (κ1) is 14.6. The Balaban J connectivity index is 3.20. The molecule has 0 fully saturated rings. The SMILES string of the molecule is CCOC(C)c1nc(NC)c(I)c(C(C)C)n1. The van der Waals surface area contributed by atoms with Gasteiger partial charge in [-0.2, -0.15) is 0 Å². The van der Waals surface area contributed by atoms with Crippen molar-refractivity contribution >= 4 is 28.4 Å². The Labute approximate surface area is 117 Å². The summed E-state index contributed by atoms with van der Waals surface area (Å²) in [5.41, 5.74) is 1.08. The molecular weight excluding hydrogens is 329 g/mol. The van der Waals surface area contributed by atoms with Crippen molar-refractivity contribution in [3.63, 3.8) is 0 Å². The summed E-state index contributed by atoms with van der Waals surface area (Å²) in [6.45, 7) is 8.90. The van der Waals surface area contributed by atoms with Gasteiger partial charge in [0.2, 0.25) is 0 Å².